The molecule has 0 heterocycles. The first-order valence-corrected chi connectivity index (χ1v) is 7.93. The first-order chi connectivity index (χ1) is 10.7. The Labute approximate surface area is 140 Å². The van der Waals surface area contributed by atoms with Crippen LogP contribution in [0.15, 0.2) is 34.3 Å². The van der Waals surface area contributed by atoms with Gasteiger partial charge < -0.3 is 9.47 Å². The maximum atomic E-state index is 12.7. The van der Waals surface area contributed by atoms with E-state index in [1.807, 2.05) is 41.5 Å². The van der Waals surface area contributed by atoms with E-state index in [9.17, 15) is 9.59 Å². The second-order valence-corrected chi connectivity index (χ2v) is 6.09. The fourth-order valence-electron chi connectivity index (χ4n) is 2.52. The Bertz CT molecular complexity index is 556. The number of hydrogen-bond donors (Lipinski definition) is 0. The van der Waals surface area contributed by atoms with E-state index < -0.39 is 5.41 Å². The van der Waals surface area contributed by atoms with Gasteiger partial charge in [0, 0.05) is 11.1 Å². The number of rotatable bonds is 5. The van der Waals surface area contributed by atoms with E-state index in [4.69, 9.17) is 9.47 Å². The summed E-state index contributed by atoms with van der Waals surface area (Å²) in [6.45, 7) is 13.6. The molecule has 0 saturated carbocycles. The standard InChI is InChI=1S/C17H24O4.C2H6/c1-10(2)8-9-17(4,5)12-11(3)13(18)15(20-6)16(21-7)14(12)19;1-2/h8H,9H2,1-7H3;1-2H3. The third kappa shape index (κ3) is 4.57. The van der Waals surface area contributed by atoms with Crippen molar-refractivity contribution in [1.29, 1.82) is 0 Å². The molecule has 0 aromatic carbocycles. The number of Topliss-reactive ketones (excluding diaryl/α,β-unsaturated/α-hetero) is 2. The van der Waals surface area contributed by atoms with Crippen molar-refractivity contribution in [3.63, 3.8) is 0 Å². The van der Waals surface area contributed by atoms with E-state index in [0.29, 0.717) is 17.6 Å². The number of carbonyl (C=O) groups excluding carboxylic acids is 2. The zero-order valence-corrected chi connectivity index (χ0v) is 15.9. The Balaban J connectivity index is 0.00000232. The van der Waals surface area contributed by atoms with Crippen molar-refractivity contribution in [2.45, 2.75) is 54.9 Å². The van der Waals surface area contributed by atoms with Crippen LogP contribution >= 0.6 is 0 Å². The van der Waals surface area contributed by atoms with Crippen LogP contribution in [0.3, 0.4) is 0 Å². The number of hydrogen-bond acceptors (Lipinski definition) is 4. The van der Waals surface area contributed by atoms with Crippen LogP contribution in [0.5, 0.6) is 0 Å². The molecule has 0 atom stereocenters. The fourth-order valence-corrected chi connectivity index (χ4v) is 2.52. The summed E-state index contributed by atoms with van der Waals surface area (Å²) >= 11 is 0. The van der Waals surface area contributed by atoms with Gasteiger partial charge in [-0.25, -0.2) is 0 Å². The van der Waals surface area contributed by atoms with E-state index in [0.717, 1.165) is 0 Å². The monoisotopic (exact) mass is 322 g/mol. The highest BCUT2D eigenvalue weighted by atomic mass is 16.5. The van der Waals surface area contributed by atoms with Crippen LogP contribution in [0.25, 0.3) is 0 Å². The van der Waals surface area contributed by atoms with Crippen LogP contribution in [0.1, 0.15) is 54.9 Å². The van der Waals surface area contributed by atoms with Gasteiger partial charge in [0.15, 0.2) is 0 Å². The minimum Gasteiger partial charge on any atom is -0.489 e. The molecular formula is C19H30O4. The zero-order chi connectivity index (χ0) is 18.4. The average Bonchev–Trinajstić information content (AvgIpc) is 2.50. The molecule has 23 heavy (non-hydrogen) atoms. The first kappa shape index (κ1) is 21.2. The van der Waals surface area contributed by atoms with Gasteiger partial charge in [0.2, 0.25) is 23.1 Å². The Morgan fingerprint density at radius 3 is 1.83 bits per heavy atom. The molecule has 0 aliphatic heterocycles. The Kier molecular flexibility index (Phi) is 8.01. The van der Waals surface area contributed by atoms with E-state index in [2.05, 4.69) is 6.08 Å². The Morgan fingerprint density at radius 2 is 1.43 bits per heavy atom. The molecule has 0 saturated heterocycles. The number of carbonyl (C=O) groups is 2. The lowest BCUT2D eigenvalue weighted by molar-refractivity contribution is -0.121. The predicted molar refractivity (Wildman–Crippen MR) is 92.9 cm³/mol. The minimum atomic E-state index is -0.447. The summed E-state index contributed by atoms with van der Waals surface area (Å²) in [5.41, 5.74) is 1.67. The molecule has 1 rings (SSSR count). The summed E-state index contributed by atoms with van der Waals surface area (Å²) < 4.78 is 10.2. The third-order valence-corrected chi connectivity index (χ3v) is 3.67. The van der Waals surface area contributed by atoms with Crippen LogP contribution < -0.4 is 0 Å². The van der Waals surface area contributed by atoms with Crippen molar-refractivity contribution in [2.24, 2.45) is 5.41 Å². The number of methoxy groups -OCH3 is 2. The molecule has 4 heteroatoms. The number of ketones is 2. The molecule has 0 aromatic rings. The maximum absolute atomic E-state index is 12.7. The fraction of sp³-hybridized carbons (Fsp3) is 0.579. The van der Waals surface area contributed by atoms with Gasteiger partial charge in [-0.3, -0.25) is 9.59 Å². The molecule has 0 radical (unpaired) electrons. The largest absolute Gasteiger partial charge is 0.489 e. The van der Waals surface area contributed by atoms with Gasteiger partial charge in [-0.1, -0.05) is 39.3 Å². The van der Waals surface area contributed by atoms with Crippen molar-refractivity contribution in [2.75, 3.05) is 14.2 Å². The van der Waals surface area contributed by atoms with Gasteiger partial charge in [0.25, 0.3) is 0 Å². The van der Waals surface area contributed by atoms with E-state index >= 15 is 0 Å². The molecule has 1 aliphatic carbocycles. The van der Waals surface area contributed by atoms with Crippen LogP contribution in [-0.2, 0) is 19.1 Å². The molecule has 0 bridgehead atoms. The Morgan fingerprint density at radius 1 is 1.00 bits per heavy atom. The quantitative estimate of drug-likeness (QED) is 0.557. The SMILES string of the molecule is CC.COC1=C(OC)C(=O)C(C(C)(C)CC=C(C)C)=C(C)C1=O. The van der Waals surface area contributed by atoms with Crippen molar-refractivity contribution in [3.05, 3.63) is 34.3 Å². The second-order valence-electron chi connectivity index (χ2n) is 6.09. The number of allylic oxidation sites excluding steroid dienone is 4. The molecule has 0 unspecified atom stereocenters. The predicted octanol–water partition coefficient (Wildman–Crippen LogP) is 4.37. The van der Waals surface area contributed by atoms with E-state index in [-0.39, 0.29) is 23.1 Å². The summed E-state index contributed by atoms with van der Waals surface area (Å²) in [5.74, 6) is -0.567. The molecular weight excluding hydrogens is 292 g/mol. The molecule has 0 fully saturated rings. The van der Waals surface area contributed by atoms with Crippen LogP contribution in [-0.4, -0.2) is 25.8 Å². The van der Waals surface area contributed by atoms with Gasteiger partial charge >= 0.3 is 0 Å². The molecule has 130 valence electrons. The minimum absolute atomic E-state index is 0.00613. The highest BCUT2D eigenvalue weighted by molar-refractivity contribution is 6.23. The summed E-state index contributed by atoms with van der Waals surface area (Å²) in [6.07, 6.45) is 2.75. The van der Waals surface area contributed by atoms with Gasteiger partial charge in [0.1, 0.15) is 0 Å². The second kappa shape index (κ2) is 8.70. The van der Waals surface area contributed by atoms with Crippen LogP contribution in [0.2, 0.25) is 0 Å². The zero-order valence-electron chi connectivity index (χ0n) is 15.9. The highest BCUT2D eigenvalue weighted by Crippen LogP contribution is 2.39. The van der Waals surface area contributed by atoms with Crippen molar-refractivity contribution >= 4 is 11.6 Å². The summed E-state index contributed by atoms with van der Waals surface area (Å²) in [7, 11) is 2.74. The topological polar surface area (TPSA) is 52.6 Å². The van der Waals surface area contributed by atoms with Gasteiger partial charge in [-0.05, 0) is 32.6 Å². The van der Waals surface area contributed by atoms with Crippen molar-refractivity contribution in [3.8, 4) is 0 Å². The first-order valence-electron chi connectivity index (χ1n) is 7.93. The molecule has 4 nitrogen and oxygen atoms in total. The number of ether oxygens (including phenoxy) is 2. The smallest absolute Gasteiger partial charge is 0.228 e. The molecule has 0 spiro atoms. The Hall–Kier alpha value is -1.84. The van der Waals surface area contributed by atoms with E-state index in [1.54, 1.807) is 6.92 Å². The molecule has 1 aliphatic rings. The molecule has 0 amide bonds. The molecule has 0 aromatic heterocycles. The lowest BCUT2D eigenvalue weighted by Gasteiger charge is -2.31. The summed E-state index contributed by atoms with van der Waals surface area (Å²) in [6, 6.07) is 0. The normalized spacial score (nSPS) is 15.2. The van der Waals surface area contributed by atoms with Gasteiger partial charge in [-0.2, -0.15) is 0 Å². The van der Waals surface area contributed by atoms with Crippen LogP contribution in [0.4, 0.5) is 0 Å². The average molecular weight is 322 g/mol. The van der Waals surface area contributed by atoms with Crippen LogP contribution in [0, 0.1) is 5.41 Å². The highest BCUT2D eigenvalue weighted by Gasteiger charge is 2.40. The summed E-state index contributed by atoms with van der Waals surface area (Å²) in [5, 5.41) is 0. The molecule has 0 N–H and O–H groups in total. The van der Waals surface area contributed by atoms with Crippen molar-refractivity contribution in [1.82, 2.24) is 0 Å². The van der Waals surface area contributed by atoms with E-state index in [1.165, 1.54) is 19.8 Å². The third-order valence-electron chi connectivity index (χ3n) is 3.67. The van der Waals surface area contributed by atoms with Gasteiger partial charge in [0.05, 0.1) is 14.2 Å². The van der Waals surface area contributed by atoms with Gasteiger partial charge in [-0.15, -0.1) is 0 Å². The lowest BCUT2D eigenvalue weighted by atomic mass is 9.73. The van der Waals surface area contributed by atoms with Crippen molar-refractivity contribution < 1.29 is 19.1 Å². The lowest BCUT2D eigenvalue weighted by Crippen LogP contribution is -2.32. The maximum Gasteiger partial charge on any atom is 0.228 e. The summed E-state index contributed by atoms with van der Waals surface area (Å²) in [4.78, 5) is 25.1.